The minimum Gasteiger partial charge on any atom is -0.496 e. The number of hydrogen-bond donors (Lipinski definition) is 1. The number of thiophene rings is 1. The highest BCUT2D eigenvalue weighted by molar-refractivity contribution is 9.10. The number of halogens is 2. The van der Waals surface area contributed by atoms with E-state index in [2.05, 4.69) is 15.9 Å². The molecule has 2 rings (SSSR count). The van der Waals surface area contributed by atoms with Crippen molar-refractivity contribution in [1.29, 1.82) is 0 Å². The van der Waals surface area contributed by atoms with Crippen LogP contribution in [0.1, 0.15) is 16.5 Å². The van der Waals surface area contributed by atoms with Crippen LogP contribution in [0.2, 0.25) is 4.34 Å². The molecule has 0 spiro atoms. The lowest BCUT2D eigenvalue weighted by Crippen LogP contribution is -2.02. The van der Waals surface area contributed by atoms with Crippen molar-refractivity contribution in [3.8, 4) is 17.2 Å². The first kappa shape index (κ1) is 16.4. The number of aliphatic hydroxyl groups is 1. The molecule has 0 saturated heterocycles. The van der Waals surface area contributed by atoms with Crippen LogP contribution in [-0.2, 0) is 0 Å². The van der Waals surface area contributed by atoms with E-state index in [0.717, 1.165) is 4.47 Å². The third kappa shape index (κ3) is 3.29. The summed E-state index contributed by atoms with van der Waals surface area (Å²) in [4.78, 5) is 0.706. The lowest BCUT2D eigenvalue weighted by Gasteiger charge is -2.17. The van der Waals surface area contributed by atoms with Gasteiger partial charge in [-0.25, -0.2) is 0 Å². The Labute approximate surface area is 140 Å². The van der Waals surface area contributed by atoms with Crippen molar-refractivity contribution in [1.82, 2.24) is 0 Å². The highest BCUT2D eigenvalue weighted by Crippen LogP contribution is 2.43. The van der Waals surface area contributed by atoms with Gasteiger partial charge in [-0.15, -0.1) is 11.3 Å². The van der Waals surface area contributed by atoms with Crippen LogP contribution in [0.3, 0.4) is 0 Å². The minimum atomic E-state index is -0.867. The van der Waals surface area contributed by atoms with Crippen molar-refractivity contribution in [3.05, 3.63) is 37.4 Å². The maximum absolute atomic E-state index is 10.6. The van der Waals surface area contributed by atoms with E-state index in [1.807, 2.05) is 0 Å². The maximum Gasteiger partial charge on any atom is 0.164 e. The normalized spacial score (nSPS) is 12.1. The molecule has 0 aliphatic heterocycles. The van der Waals surface area contributed by atoms with Crippen LogP contribution in [0, 0.1) is 0 Å². The van der Waals surface area contributed by atoms with Gasteiger partial charge in [0.1, 0.15) is 16.2 Å². The SMILES string of the molecule is COc1cc(OC)c(C(O)c2cc(Br)c(Cl)s2)cc1OC. The molecular weight excluding hydrogens is 380 g/mol. The molecule has 1 aromatic carbocycles. The second-order valence-corrected chi connectivity index (χ2v) is 6.66. The third-order valence-electron chi connectivity index (χ3n) is 2.96. The predicted molar refractivity (Wildman–Crippen MR) is 87.2 cm³/mol. The van der Waals surface area contributed by atoms with Gasteiger partial charge in [0.25, 0.3) is 0 Å². The second kappa shape index (κ2) is 6.87. The van der Waals surface area contributed by atoms with Crippen molar-refractivity contribution >= 4 is 38.9 Å². The molecule has 1 N–H and O–H groups in total. The van der Waals surface area contributed by atoms with E-state index >= 15 is 0 Å². The van der Waals surface area contributed by atoms with Crippen molar-refractivity contribution in [2.75, 3.05) is 21.3 Å². The number of methoxy groups -OCH3 is 3. The molecule has 0 aliphatic rings. The summed E-state index contributed by atoms with van der Waals surface area (Å²) in [6.07, 6.45) is -0.867. The Kier molecular flexibility index (Phi) is 5.37. The van der Waals surface area contributed by atoms with Gasteiger partial charge in [0.05, 0.1) is 21.3 Å². The van der Waals surface area contributed by atoms with Crippen LogP contribution in [0.4, 0.5) is 0 Å². The molecule has 0 bridgehead atoms. The molecule has 0 saturated carbocycles. The predicted octanol–water partition coefficient (Wildman–Crippen LogP) is 4.27. The van der Waals surface area contributed by atoms with Crippen LogP contribution in [0.25, 0.3) is 0 Å². The Morgan fingerprint density at radius 2 is 1.62 bits per heavy atom. The van der Waals surface area contributed by atoms with E-state index in [4.69, 9.17) is 25.8 Å². The molecule has 2 aromatic rings. The molecule has 4 nitrogen and oxygen atoms in total. The number of hydrogen-bond acceptors (Lipinski definition) is 5. The summed E-state index contributed by atoms with van der Waals surface area (Å²) >= 11 is 10.7. The second-order valence-electron chi connectivity index (χ2n) is 4.12. The molecule has 21 heavy (non-hydrogen) atoms. The summed E-state index contributed by atoms with van der Waals surface area (Å²) < 4.78 is 17.2. The van der Waals surface area contributed by atoms with E-state index in [-0.39, 0.29) is 0 Å². The quantitative estimate of drug-likeness (QED) is 0.824. The van der Waals surface area contributed by atoms with Crippen molar-refractivity contribution in [2.24, 2.45) is 0 Å². The van der Waals surface area contributed by atoms with E-state index in [9.17, 15) is 5.11 Å². The Hall–Kier alpha value is -0.950. The van der Waals surface area contributed by atoms with Gasteiger partial charge in [-0.1, -0.05) is 11.6 Å². The third-order valence-corrected chi connectivity index (χ3v) is 5.49. The van der Waals surface area contributed by atoms with Gasteiger partial charge in [-0.2, -0.15) is 0 Å². The molecule has 7 heteroatoms. The topological polar surface area (TPSA) is 47.9 Å². The fraction of sp³-hybridized carbons (Fsp3) is 0.286. The zero-order chi connectivity index (χ0) is 15.6. The fourth-order valence-corrected chi connectivity index (χ4v) is 3.66. The average Bonchev–Trinajstić information content (AvgIpc) is 2.84. The van der Waals surface area contributed by atoms with Gasteiger partial charge < -0.3 is 19.3 Å². The van der Waals surface area contributed by atoms with E-state index in [1.54, 1.807) is 32.4 Å². The molecule has 1 unspecified atom stereocenters. The van der Waals surface area contributed by atoms with Crippen molar-refractivity contribution < 1.29 is 19.3 Å². The zero-order valence-electron chi connectivity index (χ0n) is 11.6. The fourth-order valence-electron chi connectivity index (χ4n) is 1.92. The first-order valence-electron chi connectivity index (χ1n) is 5.94. The van der Waals surface area contributed by atoms with Gasteiger partial charge in [-0.05, 0) is 28.1 Å². The summed E-state index contributed by atoms with van der Waals surface area (Å²) in [6.45, 7) is 0. The van der Waals surface area contributed by atoms with Gasteiger partial charge >= 0.3 is 0 Å². The van der Waals surface area contributed by atoms with Crippen LogP contribution < -0.4 is 14.2 Å². The number of ether oxygens (including phenoxy) is 3. The molecule has 0 aliphatic carbocycles. The zero-order valence-corrected chi connectivity index (χ0v) is 14.8. The molecule has 0 radical (unpaired) electrons. The van der Waals surface area contributed by atoms with Crippen molar-refractivity contribution in [3.63, 3.8) is 0 Å². The Morgan fingerprint density at radius 3 is 2.10 bits per heavy atom. The number of rotatable bonds is 5. The molecule has 1 aromatic heterocycles. The summed E-state index contributed by atoms with van der Waals surface area (Å²) in [7, 11) is 4.62. The first-order chi connectivity index (χ1) is 10.0. The summed E-state index contributed by atoms with van der Waals surface area (Å²) in [5.74, 6) is 1.57. The lowest BCUT2D eigenvalue weighted by atomic mass is 10.1. The molecule has 1 heterocycles. The van der Waals surface area contributed by atoms with Gasteiger partial charge in [0.15, 0.2) is 11.5 Å². The standard InChI is InChI=1S/C14H14BrClO4S/c1-18-9-6-11(20-3)10(19-2)4-7(9)13(17)12-5-8(15)14(16)21-12/h4-6,13,17H,1-3H3. The van der Waals surface area contributed by atoms with E-state index in [0.29, 0.717) is 32.0 Å². The Balaban J connectivity index is 2.50. The molecule has 0 amide bonds. The minimum absolute atomic E-state index is 0.515. The summed E-state index contributed by atoms with van der Waals surface area (Å²) in [5.41, 5.74) is 0.584. The van der Waals surface area contributed by atoms with Gasteiger partial charge in [0.2, 0.25) is 0 Å². The highest BCUT2D eigenvalue weighted by atomic mass is 79.9. The van der Waals surface area contributed by atoms with Gasteiger partial charge in [0, 0.05) is 21.0 Å². The molecule has 1 atom stereocenters. The van der Waals surface area contributed by atoms with Crippen LogP contribution >= 0.6 is 38.9 Å². The largest absolute Gasteiger partial charge is 0.496 e. The van der Waals surface area contributed by atoms with Crippen molar-refractivity contribution in [2.45, 2.75) is 6.10 Å². The average molecular weight is 394 g/mol. The van der Waals surface area contributed by atoms with E-state index in [1.165, 1.54) is 18.4 Å². The van der Waals surface area contributed by atoms with Crippen LogP contribution in [0.5, 0.6) is 17.2 Å². The first-order valence-corrected chi connectivity index (χ1v) is 7.93. The highest BCUT2D eigenvalue weighted by Gasteiger charge is 2.22. The molecular formula is C14H14BrClO4S. The Morgan fingerprint density at radius 1 is 1.05 bits per heavy atom. The van der Waals surface area contributed by atoms with Gasteiger partial charge in [-0.3, -0.25) is 0 Å². The molecule has 114 valence electrons. The van der Waals surface area contributed by atoms with Crippen LogP contribution in [0.15, 0.2) is 22.7 Å². The Bertz CT molecular complexity index is 625. The smallest absolute Gasteiger partial charge is 0.164 e. The monoisotopic (exact) mass is 392 g/mol. The summed E-state index contributed by atoms with van der Waals surface area (Å²) in [5, 5.41) is 10.6. The van der Waals surface area contributed by atoms with Crippen LogP contribution in [-0.4, -0.2) is 26.4 Å². The summed E-state index contributed by atoms with van der Waals surface area (Å²) in [6, 6.07) is 5.17. The number of aliphatic hydroxyl groups excluding tert-OH is 1. The lowest BCUT2D eigenvalue weighted by molar-refractivity contribution is 0.217. The maximum atomic E-state index is 10.6. The molecule has 0 fully saturated rings. The number of benzene rings is 1. The van der Waals surface area contributed by atoms with E-state index < -0.39 is 6.10 Å².